The Labute approximate surface area is 91.9 Å². The van der Waals surface area contributed by atoms with Crippen molar-refractivity contribution in [3.05, 3.63) is 17.8 Å². The summed E-state index contributed by atoms with van der Waals surface area (Å²) in [5.74, 6) is 0. The number of aromatic nitrogens is 2. The van der Waals surface area contributed by atoms with E-state index in [9.17, 15) is 4.21 Å². The molecule has 0 aromatic carbocycles. The van der Waals surface area contributed by atoms with Crippen molar-refractivity contribution in [2.24, 2.45) is 0 Å². The van der Waals surface area contributed by atoms with Crippen molar-refractivity contribution < 1.29 is 4.21 Å². The van der Waals surface area contributed by atoms with Crippen LogP contribution in [0.1, 0.15) is 18.5 Å². The van der Waals surface area contributed by atoms with E-state index in [4.69, 9.17) is 0 Å². The van der Waals surface area contributed by atoms with E-state index >= 15 is 0 Å². The third kappa shape index (κ3) is 2.60. The molecular weight excluding hydrogens is 210 g/mol. The van der Waals surface area contributed by atoms with Crippen LogP contribution in [0.25, 0.3) is 0 Å². The first kappa shape index (κ1) is 10.7. The van der Waals surface area contributed by atoms with Crippen molar-refractivity contribution in [2.75, 3.05) is 13.1 Å². The zero-order chi connectivity index (χ0) is 10.7. The summed E-state index contributed by atoms with van der Waals surface area (Å²) in [4.78, 5) is 0. The van der Waals surface area contributed by atoms with Crippen LogP contribution in [0.5, 0.6) is 0 Å². The van der Waals surface area contributed by atoms with Crippen LogP contribution in [0.4, 0.5) is 0 Å². The second-order valence-electron chi connectivity index (χ2n) is 3.78. The van der Waals surface area contributed by atoms with Crippen LogP contribution in [0.2, 0.25) is 0 Å². The maximum atomic E-state index is 12.1. The predicted octanol–water partition coefficient (Wildman–Crippen LogP) is 0.645. The third-order valence-electron chi connectivity index (χ3n) is 2.53. The fraction of sp³-hybridized carbons (Fsp3) is 0.600. The molecule has 5 heteroatoms. The van der Waals surface area contributed by atoms with Crippen molar-refractivity contribution in [2.45, 2.75) is 30.0 Å². The monoisotopic (exact) mass is 225 g/mol. The predicted molar refractivity (Wildman–Crippen MR) is 59.1 cm³/mol. The van der Waals surface area contributed by atoms with Crippen LogP contribution < -0.4 is 5.32 Å². The highest BCUT2D eigenvalue weighted by molar-refractivity contribution is 7.85. The lowest BCUT2D eigenvalue weighted by Gasteiger charge is -2.21. The summed E-state index contributed by atoms with van der Waals surface area (Å²) in [5.41, 5.74) is 0.859. The maximum absolute atomic E-state index is 12.1. The van der Waals surface area contributed by atoms with Crippen molar-refractivity contribution >= 4 is 10.8 Å². The fourth-order valence-electron chi connectivity index (χ4n) is 1.67. The van der Waals surface area contributed by atoms with E-state index in [-0.39, 0.29) is 5.25 Å². The van der Waals surface area contributed by atoms with Gasteiger partial charge in [-0.15, -0.1) is 5.10 Å². The quantitative estimate of drug-likeness (QED) is 0.802. The Kier molecular flexibility index (Phi) is 3.43. The van der Waals surface area contributed by atoms with Crippen LogP contribution in [0.3, 0.4) is 0 Å². The lowest BCUT2D eigenvalue weighted by atomic mass is 10.2. The molecule has 1 aromatic rings. The molecule has 2 rings (SSSR count). The minimum atomic E-state index is -1.01. The van der Waals surface area contributed by atoms with Gasteiger partial charge in [-0.1, -0.05) is 0 Å². The second-order valence-corrected chi connectivity index (χ2v) is 5.46. The van der Waals surface area contributed by atoms with Gasteiger partial charge in [0.05, 0.1) is 21.7 Å². The molecule has 4 nitrogen and oxygen atoms in total. The minimum Gasteiger partial charge on any atom is -0.316 e. The van der Waals surface area contributed by atoms with Gasteiger partial charge in [0.25, 0.3) is 0 Å². The second kappa shape index (κ2) is 4.81. The Bertz CT molecular complexity index is 346. The summed E-state index contributed by atoms with van der Waals surface area (Å²) in [5, 5.41) is 12.0. The van der Waals surface area contributed by atoms with Gasteiger partial charge in [0.1, 0.15) is 5.03 Å². The topological polar surface area (TPSA) is 54.9 Å². The Morgan fingerprint density at radius 2 is 2.33 bits per heavy atom. The number of piperidine rings is 1. The minimum absolute atomic E-state index is 0.191. The molecule has 2 heterocycles. The van der Waals surface area contributed by atoms with E-state index in [0.717, 1.165) is 31.6 Å². The molecule has 1 saturated heterocycles. The van der Waals surface area contributed by atoms with Crippen molar-refractivity contribution in [3.63, 3.8) is 0 Å². The zero-order valence-corrected chi connectivity index (χ0v) is 9.59. The van der Waals surface area contributed by atoms with Gasteiger partial charge >= 0.3 is 0 Å². The molecule has 1 aliphatic rings. The van der Waals surface area contributed by atoms with Crippen molar-refractivity contribution in [1.29, 1.82) is 0 Å². The van der Waals surface area contributed by atoms with Gasteiger partial charge in [0, 0.05) is 6.54 Å². The molecule has 0 radical (unpaired) electrons. The number of nitrogens with one attached hydrogen (secondary N) is 1. The molecule has 1 N–H and O–H groups in total. The summed E-state index contributed by atoms with van der Waals surface area (Å²) in [6.07, 6.45) is 2.10. The molecule has 0 aliphatic carbocycles. The van der Waals surface area contributed by atoms with Gasteiger partial charge in [0.2, 0.25) is 0 Å². The zero-order valence-electron chi connectivity index (χ0n) is 8.77. The van der Waals surface area contributed by atoms with Crippen LogP contribution in [-0.2, 0) is 10.8 Å². The third-order valence-corrected chi connectivity index (χ3v) is 4.17. The largest absolute Gasteiger partial charge is 0.316 e. The molecular formula is C10H15N3OS. The van der Waals surface area contributed by atoms with Gasteiger partial charge in [-0.25, -0.2) is 0 Å². The number of hydrogen-bond donors (Lipinski definition) is 1. The van der Waals surface area contributed by atoms with Crippen LogP contribution in [0, 0.1) is 6.92 Å². The molecule has 0 saturated carbocycles. The Balaban J connectivity index is 2.09. The smallest absolute Gasteiger partial charge is 0.150 e. The van der Waals surface area contributed by atoms with E-state index < -0.39 is 10.8 Å². The highest BCUT2D eigenvalue weighted by atomic mass is 32.2. The average Bonchev–Trinajstić information content (AvgIpc) is 2.30. The number of hydrogen-bond acceptors (Lipinski definition) is 4. The van der Waals surface area contributed by atoms with Crippen molar-refractivity contribution in [3.8, 4) is 0 Å². The first-order valence-electron chi connectivity index (χ1n) is 5.19. The lowest BCUT2D eigenvalue weighted by Crippen LogP contribution is -2.36. The summed E-state index contributed by atoms with van der Waals surface area (Å²) in [6.45, 7) is 3.73. The molecule has 1 fully saturated rings. The molecule has 2 atom stereocenters. The molecule has 1 aliphatic heterocycles. The molecule has 82 valence electrons. The van der Waals surface area contributed by atoms with Crippen LogP contribution >= 0.6 is 0 Å². The van der Waals surface area contributed by atoms with E-state index in [1.807, 2.05) is 19.1 Å². The number of aryl methyl sites for hydroxylation is 1. The molecule has 0 unspecified atom stereocenters. The van der Waals surface area contributed by atoms with E-state index in [1.165, 1.54) is 0 Å². The molecule has 0 amide bonds. The standard InChI is InChI=1S/C10H15N3OS/c1-8-4-5-10(13-12-8)15(14)9-3-2-6-11-7-9/h4-5,9,11H,2-3,6-7H2,1H3/t9-,15+/m0/s1. The maximum Gasteiger partial charge on any atom is 0.150 e. The lowest BCUT2D eigenvalue weighted by molar-refractivity contribution is 0.518. The number of rotatable bonds is 2. The van der Waals surface area contributed by atoms with Crippen molar-refractivity contribution in [1.82, 2.24) is 15.5 Å². The Hall–Kier alpha value is -0.810. The highest BCUT2D eigenvalue weighted by Crippen LogP contribution is 2.14. The summed E-state index contributed by atoms with van der Waals surface area (Å²) in [6, 6.07) is 3.67. The summed E-state index contributed by atoms with van der Waals surface area (Å²) in [7, 11) is -1.01. The Morgan fingerprint density at radius 3 is 2.93 bits per heavy atom. The Morgan fingerprint density at radius 1 is 1.47 bits per heavy atom. The highest BCUT2D eigenvalue weighted by Gasteiger charge is 2.21. The van der Waals surface area contributed by atoms with Gasteiger partial charge in [-0.05, 0) is 38.4 Å². The first-order chi connectivity index (χ1) is 7.27. The molecule has 1 aromatic heterocycles. The molecule has 15 heavy (non-hydrogen) atoms. The van der Waals surface area contributed by atoms with Crippen LogP contribution in [-0.4, -0.2) is 32.7 Å². The van der Waals surface area contributed by atoms with Gasteiger partial charge in [0.15, 0.2) is 0 Å². The van der Waals surface area contributed by atoms with Gasteiger partial charge in [-0.3, -0.25) is 4.21 Å². The van der Waals surface area contributed by atoms with Gasteiger partial charge in [-0.2, -0.15) is 5.10 Å². The molecule has 0 spiro atoms. The SMILES string of the molecule is Cc1ccc([S@](=O)[C@H]2CCCNC2)nn1. The fourth-order valence-corrected chi connectivity index (χ4v) is 2.98. The average molecular weight is 225 g/mol. The molecule has 0 bridgehead atoms. The summed E-state index contributed by atoms with van der Waals surface area (Å²) < 4.78 is 12.1. The number of nitrogens with zero attached hydrogens (tertiary/aromatic N) is 2. The first-order valence-corrected chi connectivity index (χ1v) is 6.40. The van der Waals surface area contributed by atoms with E-state index in [0.29, 0.717) is 5.03 Å². The van der Waals surface area contributed by atoms with Crippen LogP contribution in [0.15, 0.2) is 17.2 Å². The van der Waals surface area contributed by atoms with E-state index in [2.05, 4.69) is 15.5 Å². The summed E-state index contributed by atoms with van der Waals surface area (Å²) >= 11 is 0. The van der Waals surface area contributed by atoms with E-state index in [1.54, 1.807) is 0 Å². The van der Waals surface area contributed by atoms with Gasteiger partial charge < -0.3 is 5.32 Å². The normalized spacial score (nSPS) is 23.7.